The van der Waals surface area contributed by atoms with Gasteiger partial charge >= 0.3 is 6.18 Å². The number of hydrogen-bond acceptors (Lipinski definition) is 1. The summed E-state index contributed by atoms with van der Waals surface area (Å²) < 4.78 is 39.3. The van der Waals surface area contributed by atoms with Crippen LogP contribution in [-0.2, 0) is 6.18 Å². The van der Waals surface area contributed by atoms with E-state index in [1.807, 2.05) is 12.1 Å². The predicted molar refractivity (Wildman–Crippen MR) is 64.6 cm³/mol. The summed E-state index contributed by atoms with van der Waals surface area (Å²) >= 11 is 0. The van der Waals surface area contributed by atoms with Crippen LogP contribution in [-0.4, -0.2) is 4.68 Å². The van der Waals surface area contributed by atoms with Crippen molar-refractivity contribution in [1.29, 1.82) is 0 Å². The fourth-order valence-electron chi connectivity index (χ4n) is 2.18. The number of nitrogen functional groups attached to an aromatic ring is 1. The summed E-state index contributed by atoms with van der Waals surface area (Å²) in [6, 6.07) is 10.9. The number of nitrogens with zero attached hydrogens (tertiary/aromatic N) is 1. The maximum atomic E-state index is 12.7. The molecule has 0 aliphatic rings. The van der Waals surface area contributed by atoms with Gasteiger partial charge in [0.2, 0.25) is 0 Å². The molecule has 2 nitrogen and oxygen atoms in total. The van der Waals surface area contributed by atoms with Gasteiger partial charge in [-0.05, 0) is 18.2 Å². The Labute approximate surface area is 100 Å². The van der Waals surface area contributed by atoms with Crippen LogP contribution in [0.1, 0.15) is 5.56 Å². The number of halogens is 3. The van der Waals surface area contributed by atoms with Crippen molar-refractivity contribution in [2.24, 2.45) is 0 Å². The van der Waals surface area contributed by atoms with Crippen LogP contribution in [0.4, 0.5) is 13.2 Å². The summed E-state index contributed by atoms with van der Waals surface area (Å²) in [6.07, 6.45) is -4.36. The van der Waals surface area contributed by atoms with Gasteiger partial charge in [0.05, 0.1) is 16.6 Å². The molecule has 3 aromatic rings. The van der Waals surface area contributed by atoms with Gasteiger partial charge in [0.15, 0.2) is 0 Å². The van der Waals surface area contributed by atoms with Crippen LogP contribution in [0.15, 0.2) is 42.5 Å². The third-order valence-corrected chi connectivity index (χ3v) is 3.04. The van der Waals surface area contributed by atoms with Crippen LogP contribution >= 0.6 is 0 Å². The first-order valence-electron chi connectivity index (χ1n) is 5.34. The lowest BCUT2D eigenvalue weighted by Crippen LogP contribution is -2.09. The zero-order chi connectivity index (χ0) is 12.9. The fraction of sp³-hybridized carbons (Fsp3) is 0.0769. The first-order valence-corrected chi connectivity index (χ1v) is 5.34. The van der Waals surface area contributed by atoms with Gasteiger partial charge in [0.1, 0.15) is 0 Å². The van der Waals surface area contributed by atoms with Crippen LogP contribution in [0.5, 0.6) is 0 Å². The molecule has 3 rings (SSSR count). The molecule has 2 N–H and O–H groups in total. The van der Waals surface area contributed by atoms with Crippen molar-refractivity contribution in [3.63, 3.8) is 0 Å². The second-order valence-corrected chi connectivity index (χ2v) is 4.12. The van der Waals surface area contributed by atoms with Crippen LogP contribution in [0.25, 0.3) is 21.8 Å². The summed E-state index contributed by atoms with van der Waals surface area (Å²) in [6.45, 7) is 0. The Morgan fingerprint density at radius 3 is 2.28 bits per heavy atom. The van der Waals surface area contributed by atoms with Gasteiger partial charge in [-0.1, -0.05) is 24.3 Å². The van der Waals surface area contributed by atoms with Gasteiger partial charge in [-0.2, -0.15) is 13.2 Å². The van der Waals surface area contributed by atoms with E-state index in [0.717, 1.165) is 22.9 Å². The predicted octanol–water partition coefficient (Wildman–Crippen LogP) is 3.53. The number of nitrogens with two attached hydrogens (primary N) is 1. The number of benzene rings is 2. The standard InChI is InChI=1S/C13H9F3N2/c14-13(15,16)8-5-6-10-9-3-1-2-4-11(9)18(17)12(10)7-8/h1-7H,17H2. The molecule has 92 valence electrons. The van der Waals surface area contributed by atoms with E-state index < -0.39 is 11.7 Å². The molecular formula is C13H9F3N2. The molecule has 0 aliphatic carbocycles. The van der Waals surface area contributed by atoms with Gasteiger partial charge in [-0.25, -0.2) is 0 Å². The summed E-state index contributed by atoms with van der Waals surface area (Å²) in [5, 5.41) is 1.57. The van der Waals surface area contributed by atoms with E-state index in [0.29, 0.717) is 11.0 Å². The van der Waals surface area contributed by atoms with Gasteiger partial charge in [-0.3, -0.25) is 4.68 Å². The quantitative estimate of drug-likeness (QED) is 0.608. The number of alkyl halides is 3. The fourth-order valence-corrected chi connectivity index (χ4v) is 2.18. The van der Waals surface area contributed by atoms with Crippen molar-refractivity contribution in [2.75, 3.05) is 5.84 Å². The highest BCUT2D eigenvalue weighted by Gasteiger charge is 2.31. The largest absolute Gasteiger partial charge is 0.416 e. The summed E-state index contributed by atoms with van der Waals surface area (Å²) in [5.41, 5.74) is 0.405. The molecule has 0 radical (unpaired) electrons. The van der Waals surface area contributed by atoms with Crippen molar-refractivity contribution < 1.29 is 13.2 Å². The highest BCUT2D eigenvalue weighted by molar-refractivity contribution is 6.08. The van der Waals surface area contributed by atoms with Gasteiger partial charge in [-0.15, -0.1) is 0 Å². The molecule has 0 saturated carbocycles. The smallest absolute Gasteiger partial charge is 0.339 e. The van der Waals surface area contributed by atoms with Crippen LogP contribution in [0, 0.1) is 0 Å². The van der Waals surface area contributed by atoms with E-state index in [9.17, 15) is 13.2 Å². The molecule has 18 heavy (non-hydrogen) atoms. The number of hydrogen-bond donors (Lipinski definition) is 1. The molecule has 1 aromatic heterocycles. The lowest BCUT2D eigenvalue weighted by molar-refractivity contribution is -0.137. The molecule has 1 heterocycles. The number of rotatable bonds is 0. The monoisotopic (exact) mass is 250 g/mol. The van der Waals surface area contributed by atoms with E-state index in [-0.39, 0.29) is 0 Å². The molecule has 0 spiro atoms. The molecular weight excluding hydrogens is 241 g/mol. The average Bonchev–Trinajstić information content (AvgIpc) is 2.63. The topological polar surface area (TPSA) is 30.9 Å². The number of aromatic nitrogens is 1. The third-order valence-electron chi connectivity index (χ3n) is 3.04. The second-order valence-electron chi connectivity index (χ2n) is 4.12. The van der Waals surface area contributed by atoms with Gasteiger partial charge in [0, 0.05) is 10.8 Å². The van der Waals surface area contributed by atoms with Crippen LogP contribution in [0.3, 0.4) is 0 Å². The van der Waals surface area contributed by atoms with E-state index in [1.165, 1.54) is 10.7 Å². The minimum absolute atomic E-state index is 0.381. The molecule has 5 heteroatoms. The van der Waals surface area contributed by atoms with E-state index >= 15 is 0 Å². The zero-order valence-corrected chi connectivity index (χ0v) is 9.20. The molecule has 2 aromatic carbocycles. The van der Waals surface area contributed by atoms with Crippen LogP contribution < -0.4 is 5.84 Å². The molecule has 0 amide bonds. The van der Waals surface area contributed by atoms with Crippen molar-refractivity contribution in [3.8, 4) is 0 Å². The van der Waals surface area contributed by atoms with Crippen molar-refractivity contribution in [2.45, 2.75) is 6.18 Å². The molecule has 0 fully saturated rings. The normalized spacial score (nSPS) is 12.4. The molecule has 0 unspecified atom stereocenters. The summed E-state index contributed by atoms with van der Waals surface area (Å²) in [5.74, 6) is 5.84. The highest BCUT2D eigenvalue weighted by Crippen LogP contribution is 2.34. The second kappa shape index (κ2) is 3.41. The van der Waals surface area contributed by atoms with E-state index in [4.69, 9.17) is 5.84 Å². The lowest BCUT2D eigenvalue weighted by atomic mass is 10.1. The first-order chi connectivity index (χ1) is 8.48. The molecule has 0 bridgehead atoms. The summed E-state index contributed by atoms with van der Waals surface area (Å²) in [7, 11) is 0. The molecule has 0 aliphatic heterocycles. The SMILES string of the molecule is Nn1c2ccccc2c2ccc(C(F)(F)F)cc21. The van der Waals surface area contributed by atoms with E-state index in [1.54, 1.807) is 12.1 Å². The Kier molecular flexibility index (Phi) is 2.08. The Hall–Kier alpha value is -2.17. The maximum absolute atomic E-state index is 12.7. The van der Waals surface area contributed by atoms with Crippen molar-refractivity contribution in [1.82, 2.24) is 4.68 Å². The summed E-state index contributed by atoms with van der Waals surface area (Å²) in [4.78, 5) is 0. The highest BCUT2D eigenvalue weighted by atomic mass is 19.4. The first kappa shape index (κ1) is 11.0. The Balaban J connectivity index is 2.42. The minimum Gasteiger partial charge on any atom is -0.339 e. The van der Waals surface area contributed by atoms with E-state index in [2.05, 4.69) is 0 Å². The average molecular weight is 250 g/mol. The van der Waals surface area contributed by atoms with Gasteiger partial charge in [0.25, 0.3) is 0 Å². The molecule has 0 saturated heterocycles. The maximum Gasteiger partial charge on any atom is 0.416 e. The number of para-hydroxylation sites is 1. The Bertz CT molecular complexity index is 741. The lowest BCUT2D eigenvalue weighted by Gasteiger charge is -2.06. The minimum atomic E-state index is -4.36. The molecule has 0 atom stereocenters. The zero-order valence-electron chi connectivity index (χ0n) is 9.20. The Morgan fingerprint density at radius 2 is 1.56 bits per heavy atom. The number of fused-ring (bicyclic) bond motifs is 3. The van der Waals surface area contributed by atoms with Crippen LogP contribution in [0.2, 0.25) is 0 Å². The third kappa shape index (κ3) is 1.44. The van der Waals surface area contributed by atoms with Crippen molar-refractivity contribution in [3.05, 3.63) is 48.0 Å². The van der Waals surface area contributed by atoms with Gasteiger partial charge < -0.3 is 5.84 Å². The van der Waals surface area contributed by atoms with Crippen molar-refractivity contribution >= 4 is 21.8 Å². The Morgan fingerprint density at radius 1 is 0.889 bits per heavy atom.